The Morgan fingerprint density at radius 2 is 2.71 bits per heavy atom. The van der Waals surface area contributed by atoms with E-state index in [9.17, 15) is 0 Å². The largest absolute Gasteiger partial charge is 0.375 e. The van der Waals surface area contributed by atoms with Crippen molar-refractivity contribution in [1.82, 2.24) is 10.4 Å². The van der Waals surface area contributed by atoms with Crippen LogP contribution in [0, 0.1) is 0 Å². The minimum Gasteiger partial charge on any atom is -0.375 e. The van der Waals surface area contributed by atoms with Crippen molar-refractivity contribution in [3.8, 4) is 0 Å². The topological polar surface area (TPSA) is 35.5 Å². The molecular formula is C4H8N2O. The molecule has 1 rings (SSSR count). The van der Waals surface area contributed by atoms with Crippen LogP contribution in [-0.2, 0) is 0 Å². The smallest absolute Gasteiger partial charge is 0.129 e. The Bertz CT molecular complexity index is 81.8. The highest BCUT2D eigenvalue weighted by atomic mass is 16.3. The third kappa shape index (κ3) is 0.913. The number of nitrogens with zero attached hydrogens (tertiary/aromatic N) is 1. The molecule has 0 aliphatic carbocycles. The van der Waals surface area contributed by atoms with Gasteiger partial charge in [-0.3, -0.25) is 5.01 Å². The first-order valence-corrected chi connectivity index (χ1v) is 2.21. The number of aliphatic hydroxyl groups is 1. The molecule has 0 bridgehead atoms. The molecule has 0 spiro atoms. The molecule has 0 aromatic carbocycles. The number of rotatable bonds is 1. The van der Waals surface area contributed by atoms with Crippen LogP contribution in [-0.4, -0.2) is 23.4 Å². The predicted molar refractivity (Wildman–Crippen MR) is 26.1 cm³/mol. The maximum absolute atomic E-state index is 8.38. The van der Waals surface area contributed by atoms with Gasteiger partial charge in [-0.2, -0.15) is 0 Å². The monoisotopic (exact) mass is 100 g/mol. The van der Waals surface area contributed by atoms with E-state index in [0.29, 0.717) is 0 Å². The highest BCUT2D eigenvalue weighted by molar-refractivity contribution is 4.87. The van der Waals surface area contributed by atoms with E-state index < -0.39 is 0 Å². The van der Waals surface area contributed by atoms with Gasteiger partial charge in [0.1, 0.15) is 6.73 Å². The van der Waals surface area contributed by atoms with Crippen LogP contribution in [0.25, 0.3) is 0 Å². The second-order valence-corrected chi connectivity index (χ2v) is 1.36. The molecular weight excluding hydrogens is 92.1 g/mol. The predicted octanol–water partition coefficient (Wildman–Crippen LogP) is -0.730. The first-order valence-electron chi connectivity index (χ1n) is 2.21. The number of hydrogen-bond donors (Lipinski definition) is 2. The van der Waals surface area contributed by atoms with Crippen molar-refractivity contribution in [3.63, 3.8) is 0 Å². The average molecular weight is 100 g/mol. The second-order valence-electron chi connectivity index (χ2n) is 1.36. The molecule has 3 nitrogen and oxygen atoms in total. The van der Waals surface area contributed by atoms with Crippen LogP contribution < -0.4 is 5.43 Å². The zero-order valence-corrected chi connectivity index (χ0v) is 3.96. The average Bonchev–Trinajstić information content (AvgIpc) is 2.14. The summed E-state index contributed by atoms with van der Waals surface area (Å²) in [6, 6.07) is 0. The van der Waals surface area contributed by atoms with Crippen LogP contribution in [0.2, 0.25) is 0 Å². The van der Waals surface area contributed by atoms with E-state index in [1.165, 1.54) is 0 Å². The van der Waals surface area contributed by atoms with Crippen molar-refractivity contribution in [2.75, 3.05) is 13.3 Å². The highest BCUT2D eigenvalue weighted by Crippen LogP contribution is 1.87. The van der Waals surface area contributed by atoms with Gasteiger partial charge in [0.15, 0.2) is 0 Å². The van der Waals surface area contributed by atoms with E-state index >= 15 is 0 Å². The van der Waals surface area contributed by atoms with Crippen molar-refractivity contribution in [1.29, 1.82) is 0 Å². The van der Waals surface area contributed by atoms with Gasteiger partial charge in [0.25, 0.3) is 0 Å². The quantitative estimate of drug-likeness (QED) is 0.456. The molecule has 0 aromatic heterocycles. The zero-order valence-electron chi connectivity index (χ0n) is 3.96. The van der Waals surface area contributed by atoms with Gasteiger partial charge in [-0.1, -0.05) is 6.08 Å². The molecule has 0 unspecified atom stereocenters. The van der Waals surface area contributed by atoms with Crippen LogP contribution in [0.4, 0.5) is 0 Å². The Morgan fingerprint density at radius 1 is 1.86 bits per heavy atom. The molecule has 0 aromatic rings. The number of aliphatic hydroxyl groups excluding tert-OH is 1. The van der Waals surface area contributed by atoms with Gasteiger partial charge in [0.2, 0.25) is 0 Å². The summed E-state index contributed by atoms with van der Waals surface area (Å²) in [5.74, 6) is 0. The zero-order chi connectivity index (χ0) is 5.11. The Morgan fingerprint density at radius 3 is 3.00 bits per heavy atom. The third-order valence-electron chi connectivity index (χ3n) is 0.850. The van der Waals surface area contributed by atoms with Crippen LogP contribution in [0.5, 0.6) is 0 Å². The minimum atomic E-state index is 0.0521. The van der Waals surface area contributed by atoms with Gasteiger partial charge < -0.3 is 5.11 Å². The second kappa shape index (κ2) is 1.95. The summed E-state index contributed by atoms with van der Waals surface area (Å²) in [6.45, 7) is 0.886. The summed E-state index contributed by atoms with van der Waals surface area (Å²) >= 11 is 0. The molecule has 0 amide bonds. The van der Waals surface area contributed by atoms with E-state index in [4.69, 9.17) is 5.11 Å². The van der Waals surface area contributed by atoms with Crippen LogP contribution in [0.3, 0.4) is 0 Å². The standard InChI is InChI=1S/C4H8N2O/c7-4-6-3-1-2-5-6/h1,3,5,7H,2,4H2. The summed E-state index contributed by atoms with van der Waals surface area (Å²) in [4.78, 5) is 0. The van der Waals surface area contributed by atoms with Gasteiger partial charge >= 0.3 is 0 Å². The molecule has 1 heterocycles. The van der Waals surface area contributed by atoms with Gasteiger partial charge in [-0.25, -0.2) is 5.43 Å². The first-order chi connectivity index (χ1) is 3.43. The van der Waals surface area contributed by atoms with E-state index in [1.807, 2.05) is 6.08 Å². The van der Waals surface area contributed by atoms with Crippen LogP contribution >= 0.6 is 0 Å². The fourth-order valence-electron chi connectivity index (χ4n) is 0.500. The fourth-order valence-corrected chi connectivity index (χ4v) is 0.500. The number of nitrogens with one attached hydrogen (secondary N) is 1. The summed E-state index contributed by atoms with van der Waals surface area (Å²) in [7, 11) is 0. The highest BCUT2D eigenvalue weighted by Gasteiger charge is 1.96. The summed E-state index contributed by atoms with van der Waals surface area (Å²) in [5.41, 5.74) is 2.88. The normalized spacial score (nSPS) is 18.7. The lowest BCUT2D eigenvalue weighted by atomic mass is 10.7. The number of hydrazine groups is 1. The Kier molecular flexibility index (Phi) is 1.29. The van der Waals surface area contributed by atoms with Gasteiger partial charge in [-0.15, -0.1) is 0 Å². The third-order valence-corrected chi connectivity index (χ3v) is 0.850. The first kappa shape index (κ1) is 4.61. The Hall–Kier alpha value is -0.540. The maximum atomic E-state index is 8.38. The summed E-state index contributed by atoms with van der Waals surface area (Å²) < 4.78 is 0. The lowest BCUT2D eigenvalue weighted by Crippen LogP contribution is -2.29. The van der Waals surface area contributed by atoms with Crippen molar-refractivity contribution >= 4 is 0 Å². The SMILES string of the molecule is OCN1C=CCN1. The number of hydrogen-bond acceptors (Lipinski definition) is 3. The summed E-state index contributed by atoms with van der Waals surface area (Å²) in [5, 5.41) is 9.99. The van der Waals surface area contributed by atoms with E-state index in [0.717, 1.165) is 6.54 Å². The molecule has 0 atom stereocenters. The molecule has 0 saturated heterocycles. The van der Waals surface area contributed by atoms with Gasteiger partial charge in [0.05, 0.1) is 0 Å². The Labute approximate surface area is 42.2 Å². The van der Waals surface area contributed by atoms with E-state index in [2.05, 4.69) is 5.43 Å². The van der Waals surface area contributed by atoms with Crippen molar-refractivity contribution < 1.29 is 5.11 Å². The van der Waals surface area contributed by atoms with Crippen LogP contribution in [0.15, 0.2) is 12.3 Å². The van der Waals surface area contributed by atoms with E-state index in [1.54, 1.807) is 11.2 Å². The van der Waals surface area contributed by atoms with Crippen molar-refractivity contribution in [2.45, 2.75) is 0 Å². The van der Waals surface area contributed by atoms with E-state index in [-0.39, 0.29) is 6.73 Å². The minimum absolute atomic E-state index is 0.0521. The van der Waals surface area contributed by atoms with Crippen molar-refractivity contribution in [3.05, 3.63) is 12.3 Å². The van der Waals surface area contributed by atoms with Crippen LogP contribution in [0.1, 0.15) is 0 Å². The molecule has 3 heteroatoms. The molecule has 0 radical (unpaired) electrons. The lowest BCUT2D eigenvalue weighted by Gasteiger charge is -2.09. The Balaban J connectivity index is 2.28. The fraction of sp³-hybridized carbons (Fsp3) is 0.500. The molecule has 0 fully saturated rings. The lowest BCUT2D eigenvalue weighted by molar-refractivity contribution is 0.121. The van der Waals surface area contributed by atoms with Gasteiger partial charge in [0, 0.05) is 12.7 Å². The molecule has 2 N–H and O–H groups in total. The molecule has 1 aliphatic rings. The van der Waals surface area contributed by atoms with Crippen molar-refractivity contribution in [2.24, 2.45) is 0 Å². The maximum Gasteiger partial charge on any atom is 0.129 e. The molecule has 0 saturated carbocycles. The molecule has 40 valence electrons. The summed E-state index contributed by atoms with van der Waals surface area (Å²) in [6.07, 6.45) is 3.75. The molecule has 7 heavy (non-hydrogen) atoms. The molecule has 1 aliphatic heterocycles. The van der Waals surface area contributed by atoms with Gasteiger partial charge in [-0.05, 0) is 0 Å².